The molecule has 1 aromatic carbocycles. The van der Waals surface area contributed by atoms with Crippen LogP contribution in [-0.2, 0) is 9.59 Å². The fraction of sp³-hybridized carbons (Fsp3) is 0.429. The quantitative estimate of drug-likeness (QED) is 0.932. The highest BCUT2D eigenvalue weighted by atomic mass is 35.5. The molecule has 1 fully saturated rings. The first kappa shape index (κ1) is 15.1. The van der Waals surface area contributed by atoms with Gasteiger partial charge in [-0.05, 0) is 31.0 Å². The molecule has 1 N–H and O–H groups in total. The van der Waals surface area contributed by atoms with Gasteiger partial charge in [-0.3, -0.25) is 14.5 Å². The van der Waals surface area contributed by atoms with E-state index in [0.717, 1.165) is 0 Å². The molecule has 20 heavy (non-hydrogen) atoms. The Balaban J connectivity index is 2.47. The number of carbonyl (C=O) groups is 2. The normalized spacial score (nSPS) is 22.9. The summed E-state index contributed by atoms with van der Waals surface area (Å²) in [6.07, 6.45) is 1.07. The van der Waals surface area contributed by atoms with Crippen LogP contribution >= 0.6 is 23.2 Å². The first-order valence-electron chi connectivity index (χ1n) is 6.57. The van der Waals surface area contributed by atoms with Gasteiger partial charge in [0.15, 0.2) is 0 Å². The zero-order valence-corrected chi connectivity index (χ0v) is 12.8. The van der Waals surface area contributed by atoms with E-state index in [2.05, 4.69) is 5.32 Å². The summed E-state index contributed by atoms with van der Waals surface area (Å²) in [6, 6.07) is 3.88. The summed E-state index contributed by atoms with van der Waals surface area (Å²) in [6.45, 7) is 3.72. The second-order valence-electron chi connectivity index (χ2n) is 4.73. The van der Waals surface area contributed by atoms with Crippen LogP contribution in [0.2, 0.25) is 10.0 Å². The number of rotatable bonds is 3. The van der Waals surface area contributed by atoms with Crippen LogP contribution in [0, 0.1) is 0 Å². The average molecular weight is 315 g/mol. The number of benzene rings is 1. The number of nitrogens with zero attached hydrogens (tertiary/aromatic N) is 1. The van der Waals surface area contributed by atoms with Crippen molar-refractivity contribution in [2.75, 3.05) is 4.90 Å². The lowest BCUT2D eigenvalue weighted by molar-refractivity contribution is -0.134. The molecule has 2 rings (SSSR count). The van der Waals surface area contributed by atoms with E-state index >= 15 is 0 Å². The Morgan fingerprint density at radius 2 is 1.70 bits per heavy atom. The standard InChI is InChI=1S/C14H16Cl2N2O2/c1-3-11-14(20)18(12(4-2)13(19)17-11)10-6-8(15)5-9(16)7-10/h5-7,11-12H,3-4H2,1-2H3,(H,17,19). The van der Waals surface area contributed by atoms with E-state index in [1.165, 1.54) is 4.90 Å². The maximum absolute atomic E-state index is 12.5. The Morgan fingerprint density at radius 1 is 1.10 bits per heavy atom. The number of hydrogen-bond acceptors (Lipinski definition) is 2. The van der Waals surface area contributed by atoms with E-state index in [1.54, 1.807) is 18.2 Å². The summed E-state index contributed by atoms with van der Waals surface area (Å²) in [5.41, 5.74) is 0.563. The molecule has 1 heterocycles. The third-order valence-corrected chi connectivity index (χ3v) is 3.82. The van der Waals surface area contributed by atoms with Crippen molar-refractivity contribution in [3.8, 4) is 0 Å². The minimum Gasteiger partial charge on any atom is -0.342 e. The monoisotopic (exact) mass is 314 g/mol. The van der Waals surface area contributed by atoms with Gasteiger partial charge in [0.1, 0.15) is 12.1 Å². The van der Waals surface area contributed by atoms with Crippen LogP contribution in [0.15, 0.2) is 18.2 Å². The summed E-state index contributed by atoms with van der Waals surface area (Å²) in [5, 5.41) is 3.63. The Morgan fingerprint density at radius 3 is 2.20 bits per heavy atom. The van der Waals surface area contributed by atoms with E-state index in [1.807, 2.05) is 13.8 Å². The van der Waals surface area contributed by atoms with Gasteiger partial charge in [0.2, 0.25) is 11.8 Å². The first-order chi connectivity index (χ1) is 9.47. The maximum Gasteiger partial charge on any atom is 0.250 e. The van der Waals surface area contributed by atoms with Crippen molar-refractivity contribution in [2.45, 2.75) is 38.8 Å². The fourth-order valence-electron chi connectivity index (χ4n) is 2.40. The minimum atomic E-state index is -0.528. The zero-order chi connectivity index (χ0) is 14.9. The van der Waals surface area contributed by atoms with Gasteiger partial charge < -0.3 is 5.32 Å². The number of carbonyl (C=O) groups excluding carboxylic acids is 2. The molecule has 6 heteroatoms. The van der Waals surface area contributed by atoms with Crippen molar-refractivity contribution in [1.29, 1.82) is 0 Å². The van der Waals surface area contributed by atoms with Crippen molar-refractivity contribution < 1.29 is 9.59 Å². The van der Waals surface area contributed by atoms with Gasteiger partial charge in [0.25, 0.3) is 0 Å². The molecule has 1 aromatic rings. The van der Waals surface area contributed by atoms with Crippen molar-refractivity contribution in [1.82, 2.24) is 5.32 Å². The Kier molecular flexibility index (Phi) is 4.55. The number of amides is 2. The van der Waals surface area contributed by atoms with E-state index in [0.29, 0.717) is 28.6 Å². The van der Waals surface area contributed by atoms with Gasteiger partial charge in [0.05, 0.1) is 0 Å². The molecule has 0 aliphatic carbocycles. The lowest BCUT2D eigenvalue weighted by Crippen LogP contribution is -2.63. The van der Waals surface area contributed by atoms with Crippen molar-refractivity contribution in [3.63, 3.8) is 0 Å². The Bertz CT molecular complexity index is 528. The first-order valence-corrected chi connectivity index (χ1v) is 7.33. The molecule has 2 unspecified atom stereocenters. The van der Waals surface area contributed by atoms with Crippen LogP contribution in [-0.4, -0.2) is 23.9 Å². The van der Waals surface area contributed by atoms with Crippen LogP contribution in [0.5, 0.6) is 0 Å². The lowest BCUT2D eigenvalue weighted by Gasteiger charge is -2.38. The van der Waals surface area contributed by atoms with Gasteiger partial charge in [-0.1, -0.05) is 37.0 Å². The molecule has 0 spiro atoms. The smallest absolute Gasteiger partial charge is 0.250 e. The molecule has 108 valence electrons. The summed E-state index contributed by atoms with van der Waals surface area (Å²) < 4.78 is 0. The molecule has 1 saturated heterocycles. The summed E-state index contributed by atoms with van der Waals surface area (Å²) in [5.74, 6) is -0.271. The molecule has 2 atom stereocenters. The Hall–Kier alpha value is -1.26. The lowest BCUT2D eigenvalue weighted by atomic mass is 10.0. The highest BCUT2D eigenvalue weighted by Gasteiger charge is 2.39. The van der Waals surface area contributed by atoms with Crippen LogP contribution in [0.3, 0.4) is 0 Å². The van der Waals surface area contributed by atoms with Crippen molar-refractivity contribution in [3.05, 3.63) is 28.2 Å². The molecule has 0 saturated carbocycles. The van der Waals surface area contributed by atoms with Crippen LogP contribution < -0.4 is 10.2 Å². The average Bonchev–Trinajstić information content (AvgIpc) is 2.39. The summed E-state index contributed by atoms with van der Waals surface area (Å²) in [7, 11) is 0. The number of anilines is 1. The Labute approximate surface area is 128 Å². The predicted octanol–water partition coefficient (Wildman–Crippen LogP) is 3.01. The molecule has 0 bridgehead atoms. The topological polar surface area (TPSA) is 49.4 Å². The van der Waals surface area contributed by atoms with E-state index < -0.39 is 12.1 Å². The largest absolute Gasteiger partial charge is 0.342 e. The second-order valence-corrected chi connectivity index (χ2v) is 5.60. The van der Waals surface area contributed by atoms with E-state index in [-0.39, 0.29) is 11.8 Å². The molecule has 1 aliphatic heterocycles. The molecule has 2 amide bonds. The second kappa shape index (κ2) is 6.02. The number of halogens is 2. The molecule has 4 nitrogen and oxygen atoms in total. The van der Waals surface area contributed by atoms with Gasteiger partial charge in [-0.2, -0.15) is 0 Å². The van der Waals surface area contributed by atoms with Crippen LogP contribution in [0.4, 0.5) is 5.69 Å². The SMILES string of the molecule is CCC1NC(=O)C(CC)N(c2cc(Cl)cc(Cl)c2)C1=O. The van der Waals surface area contributed by atoms with Crippen molar-refractivity contribution >= 4 is 40.7 Å². The van der Waals surface area contributed by atoms with Crippen molar-refractivity contribution in [2.24, 2.45) is 0 Å². The third-order valence-electron chi connectivity index (χ3n) is 3.39. The maximum atomic E-state index is 12.5. The molecule has 0 radical (unpaired) electrons. The highest BCUT2D eigenvalue weighted by Crippen LogP contribution is 2.29. The molecule has 1 aliphatic rings. The fourth-order valence-corrected chi connectivity index (χ4v) is 2.91. The van der Waals surface area contributed by atoms with E-state index in [9.17, 15) is 9.59 Å². The zero-order valence-electron chi connectivity index (χ0n) is 11.3. The highest BCUT2D eigenvalue weighted by molar-refractivity contribution is 6.35. The molecular weight excluding hydrogens is 299 g/mol. The number of hydrogen-bond donors (Lipinski definition) is 1. The van der Waals surface area contributed by atoms with E-state index in [4.69, 9.17) is 23.2 Å². The molecular formula is C14H16Cl2N2O2. The number of nitrogens with one attached hydrogen (secondary N) is 1. The van der Waals surface area contributed by atoms with Gasteiger partial charge in [0, 0.05) is 15.7 Å². The predicted molar refractivity (Wildman–Crippen MR) is 80.2 cm³/mol. The van der Waals surface area contributed by atoms with Gasteiger partial charge >= 0.3 is 0 Å². The van der Waals surface area contributed by atoms with Gasteiger partial charge in [-0.25, -0.2) is 0 Å². The van der Waals surface area contributed by atoms with Crippen LogP contribution in [0.25, 0.3) is 0 Å². The molecule has 0 aromatic heterocycles. The summed E-state index contributed by atoms with van der Waals surface area (Å²) >= 11 is 12.0. The van der Waals surface area contributed by atoms with Crippen LogP contribution in [0.1, 0.15) is 26.7 Å². The van der Waals surface area contributed by atoms with Gasteiger partial charge in [-0.15, -0.1) is 0 Å². The number of piperazine rings is 1. The third kappa shape index (κ3) is 2.76. The minimum absolute atomic E-state index is 0.128. The summed E-state index contributed by atoms with van der Waals surface area (Å²) in [4.78, 5) is 26.1.